The number of alkyl halides is 1. The first-order valence-electron chi connectivity index (χ1n) is 5.84. The summed E-state index contributed by atoms with van der Waals surface area (Å²) in [6.07, 6.45) is 2.18. The summed E-state index contributed by atoms with van der Waals surface area (Å²) in [6.45, 7) is 3.61. The topological polar surface area (TPSA) is 12.0 Å². The van der Waals surface area contributed by atoms with Crippen LogP contribution in [0.3, 0.4) is 0 Å². The van der Waals surface area contributed by atoms with E-state index in [1.165, 1.54) is 6.07 Å². The first kappa shape index (κ1) is 14.9. The smallest absolute Gasteiger partial charge is 0.127 e. The fourth-order valence-corrected chi connectivity index (χ4v) is 2.12. The molecule has 0 radical (unpaired) electrons. The molecule has 0 aliphatic rings. The summed E-state index contributed by atoms with van der Waals surface area (Å²) < 4.78 is 14.3. The van der Waals surface area contributed by atoms with Crippen LogP contribution >= 0.6 is 27.5 Å². The van der Waals surface area contributed by atoms with Gasteiger partial charge in [-0.1, -0.05) is 22.9 Å². The number of halogens is 3. The van der Waals surface area contributed by atoms with Crippen LogP contribution < -0.4 is 5.32 Å². The van der Waals surface area contributed by atoms with Gasteiger partial charge in [-0.3, -0.25) is 0 Å². The van der Waals surface area contributed by atoms with E-state index in [1.54, 1.807) is 6.07 Å². The van der Waals surface area contributed by atoms with Gasteiger partial charge >= 0.3 is 0 Å². The molecule has 1 atom stereocenters. The highest BCUT2D eigenvalue weighted by Crippen LogP contribution is 2.15. The highest BCUT2D eigenvalue weighted by atomic mass is 79.9. The Morgan fingerprint density at radius 3 is 2.94 bits per heavy atom. The Morgan fingerprint density at radius 2 is 2.24 bits per heavy atom. The van der Waals surface area contributed by atoms with Crippen LogP contribution in [0.4, 0.5) is 4.39 Å². The lowest BCUT2D eigenvalue weighted by Gasteiger charge is -2.09. The largest absolute Gasteiger partial charge is 0.313 e. The van der Waals surface area contributed by atoms with Crippen molar-refractivity contribution in [2.45, 2.75) is 26.3 Å². The summed E-state index contributed by atoms with van der Waals surface area (Å²) in [5.74, 6) is 1.11. The van der Waals surface area contributed by atoms with E-state index < -0.39 is 0 Å². The van der Waals surface area contributed by atoms with Crippen LogP contribution in [0.2, 0.25) is 0 Å². The fourth-order valence-electron chi connectivity index (χ4n) is 1.55. The van der Waals surface area contributed by atoms with E-state index in [0.717, 1.165) is 23.9 Å². The van der Waals surface area contributed by atoms with Crippen LogP contribution in [0.5, 0.6) is 0 Å². The predicted octanol–water partition coefficient (Wildman–Crippen LogP) is 4.33. The number of hydrogen-bond donors (Lipinski definition) is 1. The zero-order chi connectivity index (χ0) is 12.7. The highest BCUT2D eigenvalue weighted by molar-refractivity contribution is 9.10. The zero-order valence-electron chi connectivity index (χ0n) is 9.98. The van der Waals surface area contributed by atoms with E-state index in [0.29, 0.717) is 23.9 Å². The van der Waals surface area contributed by atoms with Gasteiger partial charge in [0.2, 0.25) is 0 Å². The summed E-state index contributed by atoms with van der Waals surface area (Å²) in [5.41, 5.74) is 0.699. The minimum atomic E-state index is -0.158. The van der Waals surface area contributed by atoms with Gasteiger partial charge in [0.15, 0.2) is 0 Å². The molecule has 0 aromatic heterocycles. The molecule has 4 heteroatoms. The van der Waals surface area contributed by atoms with Crippen molar-refractivity contribution >= 4 is 27.5 Å². The summed E-state index contributed by atoms with van der Waals surface area (Å²) in [5, 5.41) is 3.25. The van der Waals surface area contributed by atoms with Crippen molar-refractivity contribution in [1.29, 1.82) is 0 Å². The molecule has 0 heterocycles. The Bertz CT molecular complexity index is 346. The summed E-state index contributed by atoms with van der Waals surface area (Å²) in [4.78, 5) is 0. The van der Waals surface area contributed by atoms with Crippen molar-refractivity contribution in [3.63, 3.8) is 0 Å². The minimum absolute atomic E-state index is 0.158. The molecule has 0 saturated heterocycles. The van der Waals surface area contributed by atoms with Crippen molar-refractivity contribution in [2.24, 2.45) is 5.92 Å². The molecule has 0 aliphatic heterocycles. The molecule has 1 nitrogen and oxygen atoms in total. The van der Waals surface area contributed by atoms with Crippen LogP contribution in [-0.2, 0) is 6.54 Å². The quantitative estimate of drug-likeness (QED) is 0.582. The second-order valence-corrected chi connectivity index (χ2v) is 5.54. The third-order valence-electron chi connectivity index (χ3n) is 2.64. The second kappa shape index (κ2) is 8.06. The molecule has 1 rings (SSSR count). The van der Waals surface area contributed by atoms with Crippen LogP contribution in [0.1, 0.15) is 25.3 Å². The van der Waals surface area contributed by atoms with E-state index in [4.69, 9.17) is 11.6 Å². The third-order valence-corrected chi connectivity index (χ3v) is 3.66. The number of nitrogens with one attached hydrogen (secondary N) is 1. The van der Waals surface area contributed by atoms with E-state index in [-0.39, 0.29) is 5.82 Å². The zero-order valence-corrected chi connectivity index (χ0v) is 12.3. The molecule has 0 aliphatic carbocycles. The van der Waals surface area contributed by atoms with E-state index >= 15 is 0 Å². The average Bonchev–Trinajstić information content (AvgIpc) is 2.32. The molecular weight excluding hydrogens is 305 g/mol. The fraction of sp³-hybridized carbons (Fsp3) is 0.538. The normalized spacial score (nSPS) is 12.7. The summed E-state index contributed by atoms with van der Waals surface area (Å²) in [6, 6.07) is 5.00. The predicted molar refractivity (Wildman–Crippen MR) is 74.9 cm³/mol. The van der Waals surface area contributed by atoms with E-state index in [9.17, 15) is 4.39 Å². The van der Waals surface area contributed by atoms with Gasteiger partial charge in [0.1, 0.15) is 5.82 Å². The van der Waals surface area contributed by atoms with Gasteiger partial charge in [-0.05, 0) is 43.5 Å². The van der Waals surface area contributed by atoms with E-state index in [2.05, 4.69) is 28.2 Å². The van der Waals surface area contributed by atoms with Crippen LogP contribution in [0, 0.1) is 11.7 Å². The van der Waals surface area contributed by atoms with E-state index in [1.807, 2.05) is 6.07 Å². The molecule has 1 unspecified atom stereocenters. The highest BCUT2D eigenvalue weighted by Gasteiger charge is 2.03. The lowest BCUT2D eigenvalue weighted by molar-refractivity contribution is 0.524. The number of rotatable bonds is 7. The molecule has 17 heavy (non-hydrogen) atoms. The molecular formula is C13H18BrClFN. The van der Waals surface area contributed by atoms with Gasteiger partial charge in [-0.25, -0.2) is 4.39 Å². The lowest BCUT2D eigenvalue weighted by atomic mass is 10.1. The average molecular weight is 323 g/mol. The van der Waals surface area contributed by atoms with Crippen LogP contribution in [0.15, 0.2) is 22.7 Å². The van der Waals surface area contributed by atoms with Gasteiger partial charge in [0, 0.05) is 22.5 Å². The maximum atomic E-state index is 13.4. The molecule has 1 N–H and O–H groups in total. The van der Waals surface area contributed by atoms with Crippen molar-refractivity contribution < 1.29 is 4.39 Å². The number of hydrogen-bond acceptors (Lipinski definition) is 1. The standard InChI is InChI=1S/C13H18BrClFN/c1-10(8-15)3-2-6-17-9-11-7-12(14)4-5-13(11)16/h4-5,7,10,17H,2-3,6,8-9H2,1H3. The Kier molecular flexibility index (Phi) is 7.09. The maximum Gasteiger partial charge on any atom is 0.127 e. The molecule has 0 spiro atoms. The Hall–Kier alpha value is -0.120. The van der Waals surface area contributed by atoms with Gasteiger partial charge in [-0.15, -0.1) is 11.6 Å². The Morgan fingerprint density at radius 1 is 1.47 bits per heavy atom. The minimum Gasteiger partial charge on any atom is -0.313 e. The molecule has 0 bridgehead atoms. The van der Waals surface area contributed by atoms with Gasteiger partial charge in [-0.2, -0.15) is 0 Å². The first-order valence-corrected chi connectivity index (χ1v) is 7.17. The molecule has 0 saturated carbocycles. The Labute approximate surface area is 116 Å². The van der Waals surface area contributed by atoms with Crippen LogP contribution in [-0.4, -0.2) is 12.4 Å². The van der Waals surface area contributed by atoms with Crippen molar-refractivity contribution in [3.8, 4) is 0 Å². The van der Waals surface area contributed by atoms with Crippen molar-refractivity contribution in [1.82, 2.24) is 5.32 Å². The maximum absolute atomic E-state index is 13.4. The molecule has 1 aromatic rings. The SMILES string of the molecule is CC(CCl)CCCNCc1cc(Br)ccc1F. The Balaban J connectivity index is 2.24. The van der Waals surface area contributed by atoms with Gasteiger partial charge < -0.3 is 5.32 Å². The van der Waals surface area contributed by atoms with Gasteiger partial charge in [0.05, 0.1) is 0 Å². The van der Waals surface area contributed by atoms with Crippen molar-refractivity contribution in [3.05, 3.63) is 34.1 Å². The number of benzene rings is 1. The molecule has 0 amide bonds. The molecule has 96 valence electrons. The molecule has 0 fully saturated rings. The summed E-state index contributed by atoms with van der Waals surface area (Å²) >= 11 is 9.06. The second-order valence-electron chi connectivity index (χ2n) is 4.31. The van der Waals surface area contributed by atoms with Crippen molar-refractivity contribution in [2.75, 3.05) is 12.4 Å². The van der Waals surface area contributed by atoms with Gasteiger partial charge in [0.25, 0.3) is 0 Å². The lowest BCUT2D eigenvalue weighted by Crippen LogP contribution is -2.16. The summed E-state index contributed by atoms with van der Waals surface area (Å²) in [7, 11) is 0. The van der Waals surface area contributed by atoms with Crippen LogP contribution in [0.25, 0.3) is 0 Å². The first-order chi connectivity index (χ1) is 8.13. The third kappa shape index (κ3) is 5.84. The monoisotopic (exact) mass is 321 g/mol. The molecule has 1 aromatic carbocycles.